The highest BCUT2D eigenvalue weighted by atomic mass is 16.1. The van der Waals surface area contributed by atoms with E-state index in [1.807, 2.05) is 18.2 Å². The molecule has 1 atom stereocenters. The quantitative estimate of drug-likeness (QED) is 0.411. The summed E-state index contributed by atoms with van der Waals surface area (Å²) in [6, 6.07) is 16.3. The van der Waals surface area contributed by atoms with Crippen molar-refractivity contribution in [2.24, 2.45) is 0 Å². The van der Waals surface area contributed by atoms with Crippen molar-refractivity contribution in [3.63, 3.8) is 0 Å². The van der Waals surface area contributed by atoms with Gasteiger partial charge in [0.25, 0.3) is 5.91 Å². The van der Waals surface area contributed by atoms with Gasteiger partial charge in [0, 0.05) is 49.3 Å². The van der Waals surface area contributed by atoms with E-state index in [2.05, 4.69) is 62.1 Å². The van der Waals surface area contributed by atoms with Gasteiger partial charge in [0.05, 0.1) is 16.8 Å². The molecular weight excluding hydrogens is 424 g/mol. The van der Waals surface area contributed by atoms with Crippen LogP contribution in [0.3, 0.4) is 0 Å². The Morgan fingerprint density at radius 2 is 2.00 bits per heavy atom. The molecule has 0 spiro atoms. The Balaban J connectivity index is 1.35. The smallest absolute Gasteiger partial charge is 0.251 e. The number of carbonyl (C=O) groups excluding carboxylic acids is 1. The molecule has 2 aromatic heterocycles. The number of aromatic nitrogens is 3. The zero-order chi connectivity index (χ0) is 23.5. The van der Waals surface area contributed by atoms with Crippen molar-refractivity contribution < 1.29 is 4.79 Å². The van der Waals surface area contributed by atoms with Gasteiger partial charge in [-0.2, -0.15) is 0 Å². The van der Waals surface area contributed by atoms with Crippen molar-refractivity contribution in [2.45, 2.75) is 25.8 Å². The van der Waals surface area contributed by atoms with Gasteiger partial charge in [0.2, 0.25) is 0 Å². The second-order valence-electron chi connectivity index (χ2n) is 8.66. The Morgan fingerprint density at radius 1 is 1.09 bits per heavy atom. The molecule has 3 N–H and O–H groups in total. The average Bonchev–Trinajstić information content (AvgIpc) is 2.90. The lowest BCUT2D eigenvalue weighted by atomic mass is 9.96. The molecule has 172 valence electrons. The van der Waals surface area contributed by atoms with Crippen LogP contribution >= 0.6 is 0 Å². The SMILES string of the molecule is CNC(=O)c1ccnc2c(C(C)CNc3cc(-c4ccc5c(c4)CCNC5)ncn3)cccc12. The van der Waals surface area contributed by atoms with Crippen LogP contribution in [0.2, 0.25) is 0 Å². The molecule has 0 saturated heterocycles. The molecular formula is C27H28N6O. The van der Waals surface area contributed by atoms with Crippen LogP contribution in [0, 0.1) is 0 Å². The van der Waals surface area contributed by atoms with Crippen molar-refractivity contribution in [3.05, 3.63) is 83.3 Å². The molecule has 0 radical (unpaired) electrons. The van der Waals surface area contributed by atoms with Crippen LogP contribution in [-0.2, 0) is 13.0 Å². The first kappa shape index (κ1) is 22.0. The van der Waals surface area contributed by atoms with Crippen LogP contribution in [0.15, 0.2) is 61.1 Å². The Labute approximate surface area is 199 Å². The summed E-state index contributed by atoms with van der Waals surface area (Å²) in [4.78, 5) is 25.8. The normalized spacial score (nSPS) is 13.8. The Morgan fingerprint density at radius 3 is 2.88 bits per heavy atom. The summed E-state index contributed by atoms with van der Waals surface area (Å²) < 4.78 is 0. The number of anilines is 1. The lowest BCUT2D eigenvalue weighted by Crippen LogP contribution is -2.23. The van der Waals surface area contributed by atoms with E-state index in [1.165, 1.54) is 11.1 Å². The van der Waals surface area contributed by atoms with E-state index >= 15 is 0 Å². The summed E-state index contributed by atoms with van der Waals surface area (Å²) >= 11 is 0. The van der Waals surface area contributed by atoms with E-state index in [0.29, 0.717) is 12.1 Å². The second-order valence-corrected chi connectivity index (χ2v) is 8.66. The van der Waals surface area contributed by atoms with E-state index < -0.39 is 0 Å². The minimum Gasteiger partial charge on any atom is -0.369 e. The maximum Gasteiger partial charge on any atom is 0.251 e. The first-order valence-corrected chi connectivity index (χ1v) is 11.6. The molecule has 0 aliphatic carbocycles. The van der Waals surface area contributed by atoms with Crippen molar-refractivity contribution in [1.29, 1.82) is 0 Å². The lowest BCUT2D eigenvalue weighted by Gasteiger charge is -2.18. The average molecular weight is 453 g/mol. The van der Waals surface area contributed by atoms with Gasteiger partial charge in [-0.25, -0.2) is 9.97 Å². The zero-order valence-corrected chi connectivity index (χ0v) is 19.4. The number of benzene rings is 2. The summed E-state index contributed by atoms with van der Waals surface area (Å²) in [5.74, 6) is 0.837. The molecule has 7 heteroatoms. The summed E-state index contributed by atoms with van der Waals surface area (Å²) in [7, 11) is 1.64. The predicted molar refractivity (Wildman–Crippen MR) is 135 cm³/mol. The van der Waals surface area contributed by atoms with E-state index in [4.69, 9.17) is 0 Å². The first-order valence-electron chi connectivity index (χ1n) is 11.6. The maximum atomic E-state index is 12.3. The standard InChI is InChI=1S/C27H28N6O/c1-17(21-4-3-5-22-23(27(34)28-2)9-11-30-26(21)22)14-31-25-13-24(32-16-33-25)19-6-7-20-15-29-10-8-18(20)12-19/h3-7,9,11-13,16-17,29H,8,10,14-15H2,1-2H3,(H,28,34)(H,31,32,33). The number of fused-ring (bicyclic) bond motifs is 2. The Bertz CT molecular complexity index is 1350. The molecule has 4 aromatic rings. The van der Waals surface area contributed by atoms with Crippen molar-refractivity contribution >= 4 is 22.6 Å². The van der Waals surface area contributed by atoms with Crippen LogP contribution in [-0.4, -0.2) is 41.0 Å². The zero-order valence-electron chi connectivity index (χ0n) is 19.4. The third-order valence-electron chi connectivity index (χ3n) is 6.45. The maximum absolute atomic E-state index is 12.3. The molecule has 1 aliphatic rings. The third-order valence-corrected chi connectivity index (χ3v) is 6.45. The molecule has 1 amide bonds. The summed E-state index contributed by atoms with van der Waals surface area (Å²) in [6.07, 6.45) is 4.35. The summed E-state index contributed by atoms with van der Waals surface area (Å²) in [6.45, 7) is 4.77. The first-order chi connectivity index (χ1) is 16.6. The van der Waals surface area contributed by atoms with Gasteiger partial charge in [0.1, 0.15) is 12.1 Å². The number of nitrogens with zero attached hydrogens (tertiary/aromatic N) is 3. The highest BCUT2D eigenvalue weighted by molar-refractivity contribution is 6.06. The summed E-state index contributed by atoms with van der Waals surface area (Å²) in [5.41, 5.74) is 7.35. The molecule has 3 heterocycles. The van der Waals surface area contributed by atoms with Gasteiger partial charge in [0.15, 0.2) is 0 Å². The van der Waals surface area contributed by atoms with Gasteiger partial charge in [-0.1, -0.05) is 37.3 Å². The number of para-hydroxylation sites is 1. The van der Waals surface area contributed by atoms with Gasteiger partial charge < -0.3 is 16.0 Å². The van der Waals surface area contributed by atoms with Crippen LogP contribution in [0.1, 0.15) is 39.9 Å². The molecule has 34 heavy (non-hydrogen) atoms. The molecule has 2 aromatic carbocycles. The summed E-state index contributed by atoms with van der Waals surface area (Å²) in [5, 5.41) is 10.4. The van der Waals surface area contributed by atoms with E-state index in [0.717, 1.165) is 53.1 Å². The van der Waals surface area contributed by atoms with E-state index in [1.54, 1.807) is 25.6 Å². The third kappa shape index (κ3) is 4.34. The van der Waals surface area contributed by atoms with Gasteiger partial charge in [-0.05, 0) is 41.8 Å². The number of carbonyl (C=O) groups is 1. The van der Waals surface area contributed by atoms with E-state index in [-0.39, 0.29) is 11.8 Å². The fourth-order valence-electron chi connectivity index (χ4n) is 4.55. The van der Waals surface area contributed by atoms with Crippen molar-refractivity contribution in [2.75, 3.05) is 25.5 Å². The number of hydrogen-bond donors (Lipinski definition) is 3. The number of hydrogen-bond acceptors (Lipinski definition) is 6. The Hall–Kier alpha value is -3.84. The van der Waals surface area contributed by atoms with Crippen LogP contribution in [0.5, 0.6) is 0 Å². The fraction of sp³-hybridized carbons (Fsp3) is 0.259. The molecule has 7 nitrogen and oxygen atoms in total. The Kier molecular flexibility index (Phi) is 6.18. The minimum absolute atomic E-state index is 0.109. The predicted octanol–water partition coefficient (Wildman–Crippen LogP) is 3.91. The van der Waals surface area contributed by atoms with Crippen molar-refractivity contribution in [1.82, 2.24) is 25.6 Å². The molecule has 0 fully saturated rings. The number of amides is 1. The molecule has 1 unspecified atom stereocenters. The number of pyridine rings is 1. The van der Waals surface area contributed by atoms with Crippen molar-refractivity contribution in [3.8, 4) is 11.3 Å². The molecule has 1 aliphatic heterocycles. The van der Waals surface area contributed by atoms with Crippen LogP contribution in [0.4, 0.5) is 5.82 Å². The van der Waals surface area contributed by atoms with Gasteiger partial charge in [-0.15, -0.1) is 0 Å². The monoisotopic (exact) mass is 452 g/mol. The molecule has 0 bridgehead atoms. The number of rotatable bonds is 6. The fourth-order valence-corrected chi connectivity index (χ4v) is 4.55. The van der Waals surface area contributed by atoms with Crippen LogP contribution in [0.25, 0.3) is 22.2 Å². The second kappa shape index (κ2) is 9.57. The highest BCUT2D eigenvalue weighted by Gasteiger charge is 2.16. The molecule has 5 rings (SSSR count). The molecule has 0 saturated carbocycles. The van der Waals surface area contributed by atoms with E-state index in [9.17, 15) is 4.79 Å². The lowest BCUT2D eigenvalue weighted by molar-refractivity contribution is 0.0964. The van der Waals surface area contributed by atoms with Gasteiger partial charge in [-0.3, -0.25) is 9.78 Å². The van der Waals surface area contributed by atoms with Gasteiger partial charge >= 0.3 is 0 Å². The number of nitrogens with one attached hydrogen (secondary N) is 3. The van der Waals surface area contributed by atoms with Crippen LogP contribution < -0.4 is 16.0 Å². The topological polar surface area (TPSA) is 91.8 Å². The minimum atomic E-state index is -0.109. The largest absolute Gasteiger partial charge is 0.369 e. The highest BCUT2D eigenvalue weighted by Crippen LogP contribution is 2.27.